The van der Waals surface area contributed by atoms with E-state index in [4.69, 9.17) is 4.74 Å². The largest absolute Gasteiger partial charge is 0.494 e. The van der Waals surface area contributed by atoms with Crippen LogP contribution in [0.4, 0.5) is 0 Å². The minimum absolute atomic E-state index is 0.138. The number of hydrogen-bond donors (Lipinski definition) is 0. The zero-order valence-corrected chi connectivity index (χ0v) is 15.8. The number of benzene rings is 2. The van der Waals surface area contributed by atoms with E-state index in [0.29, 0.717) is 13.0 Å². The van der Waals surface area contributed by atoms with E-state index in [1.54, 1.807) is 11.3 Å². The highest BCUT2D eigenvalue weighted by atomic mass is 32.1. The molecule has 0 fully saturated rings. The van der Waals surface area contributed by atoms with Crippen LogP contribution in [0.5, 0.6) is 5.75 Å². The Morgan fingerprint density at radius 1 is 1.20 bits per heavy atom. The van der Waals surface area contributed by atoms with E-state index in [1.807, 2.05) is 42.8 Å². The fourth-order valence-electron chi connectivity index (χ4n) is 2.98. The number of carbonyl (C=O) groups is 1. The van der Waals surface area contributed by atoms with Gasteiger partial charge < -0.3 is 9.30 Å². The summed E-state index contributed by atoms with van der Waals surface area (Å²) in [7, 11) is 1.96. The summed E-state index contributed by atoms with van der Waals surface area (Å²) in [4.78, 5) is 17.4. The predicted molar refractivity (Wildman–Crippen MR) is 102 cm³/mol. The summed E-state index contributed by atoms with van der Waals surface area (Å²) in [5, 5.41) is 0. The van der Waals surface area contributed by atoms with Gasteiger partial charge in [0.25, 0.3) is 5.91 Å². The molecule has 0 aliphatic rings. The normalized spacial score (nSPS) is 11.9. The number of nitrogens with zero attached hydrogens (tertiary/aromatic N) is 2. The second-order valence-corrected chi connectivity index (χ2v) is 7.14. The van der Waals surface area contributed by atoms with Gasteiger partial charge in [-0.15, -0.1) is 0 Å². The molecule has 0 atom stereocenters. The molecule has 0 saturated heterocycles. The zero-order valence-electron chi connectivity index (χ0n) is 15.0. The van der Waals surface area contributed by atoms with Crippen LogP contribution in [0.1, 0.15) is 23.6 Å². The van der Waals surface area contributed by atoms with Crippen molar-refractivity contribution < 1.29 is 9.53 Å². The van der Waals surface area contributed by atoms with Crippen LogP contribution in [0.25, 0.3) is 10.2 Å². The van der Waals surface area contributed by atoms with E-state index in [-0.39, 0.29) is 5.91 Å². The average Bonchev–Trinajstić information content (AvgIpc) is 2.85. The second kappa shape index (κ2) is 7.23. The van der Waals surface area contributed by atoms with Gasteiger partial charge in [0.05, 0.1) is 23.2 Å². The lowest BCUT2D eigenvalue weighted by molar-refractivity contribution is -0.117. The predicted octanol–water partition coefficient (Wildman–Crippen LogP) is 3.93. The van der Waals surface area contributed by atoms with Crippen molar-refractivity contribution >= 4 is 27.5 Å². The molecule has 4 nitrogen and oxygen atoms in total. The van der Waals surface area contributed by atoms with Crippen molar-refractivity contribution in [2.24, 2.45) is 12.0 Å². The van der Waals surface area contributed by atoms with Gasteiger partial charge in [0.1, 0.15) is 5.75 Å². The Kier molecular flexibility index (Phi) is 5.04. The number of thiazole rings is 1. The van der Waals surface area contributed by atoms with E-state index in [9.17, 15) is 4.79 Å². The van der Waals surface area contributed by atoms with Gasteiger partial charge >= 0.3 is 0 Å². The van der Waals surface area contributed by atoms with Crippen LogP contribution < -0.4 is 9.54 Å². The number of ether oxygens (including phenoxy) is 1. The first-order chi connectivity index (χ1) is 12.0. The molecule has 0 N–H and O–H groups in total. The van der Waals surface area contributed by atoms with Gasteiger partial charge in [0.2, 0.25) is 0 Å². The summed E-state index contributed by atoms with van der Waals surface area (Å²) < 4.78 is 8.59. The van der Waals surface area contributed by atoms with E-state index in [0.717, 1.165) is 26.3 Å². The molecular formula is C20H22N2O2S. The third-order valence-corrected chi connectivity index (χ3v) is 5.12. The number of fused-ring (bicyclic) bond motifs is 1. The Balaban J connectivity index is 1.87. The fourth-order valence-corrected chi connectivity index (χ4v) is 4.19. The average molecular weight is 354 g/mol. The number of carbonyl (C=O) groups excluding carboxylic acids is 1. The fraction of sp³-hybridized carbons (Fsp3) is 0.300. The van der Waals surface area contributed by atoms with E-state index in [2.05, 4.69) is 31.0 Å². The van der Waals surface area contributed by atoms with Crippen molar-refractivity contribution in [1.29, 1.82) is 0 Å². The minimum atomic E-state index is -0.138. The molecule has 0 aliphatic carbocycles. The molecule has 1 aromatic heterocycles. The van der Waals surface area contributed by atoms with Crippen molar-refractivity contribution in [2.45, 2.75) is 27.2 Å². The molecule has 3 rings (SSSR count). The molecular weight excluding hydrogens is 332 g/mol. The lowest BCUT2D eigenvalue weighted by atomic mass is 10.1. The summed E-state index contributed by atoms with van der Waals surface area (Å²) in [5.41, 5.74) is 4.50. The molecule has 1 amide bonds. The maximum absolute atomic E-state index is 12.4. The van der Waals surface area contributed by atoms with Crippen molar-refractivity contribution in [1.82, 2.24) is 4.57 Å². The maximum atomic E-state index is 12.4. The van der Waals surface area contributed by atoms with Gasteiger partial charge in [0, 0.05) is 7.05 Å². The van der Waals surface area contributed by atoms with E-state index >= 15 is 0 Å². The SMILES string of the molecule is CCOc1ccc(CC(=O)N=c2sc3cc(C)cc(C)c3n2C)cc1. The van der Waals surface area contributed by atoms with Crippen molar-refractivity contribution in [3.05, 3.63) is 57.9 Å². The van der Waals surface area contributed by atoms with Gasteiger partial charge in [-0.1, -0.05) is 29.5 Å². The molecule has 1 heterocycles. The van der Waals surface area contributed by atoms with Gasteiger partial charge in [-0.2, -0.15) is 4.99 Å². The Morgan fingerprint density at radius 3 is 2.60 bits per heavy atom. The zero-order chi connectivity index (χ0) is 18.0. The van der Waals surface area contributed by atoms with Gasteiger partial charge in [0.15, 0.2) is 4.80 Å². The van der Waals surface area contributed by atoms with Crippen LogP contribution in [0.15, 0.2) is 41.4 Å². The third-order valence-electron chi connectivity index (χ3n) is 4.04. The molecule has 25 heavy (non-hydrogen) atoms. The van der Waals surface area contributed by atoms with Crippen LogP contribution in [0, 0.1) is 13.8 Å². The van der Waals surface area contributed by atoms with Crippen LogP contribution in [0.3, 0.4) is 0 Å². The Bertz CT molecular complexity index is 981. The van der Waals surface area contributed by atoms with E-state index in [1.165, 1.54) is 11.1 Å². The quantitative estimate of drug-likeness (QED) is 0.713. The minimum Gasteiger partial charge on any atom is -0.494 e. The highest BCUT2D eigenvalue weighted by Crippen LogP contribution is 2.22. The summed E-state index contributed by atoms with van der Waals surface area (Å²) in [6, 6.07) is 11.9. The van der Waals surface area contributed by atoms with Crippen molar-refractivity contribution in [3.8, 4) is 5.75 Å². The number of rotatable bonds is 4. The standard InChI is InChI=1S/C20H22N2O2S/c1-5-24-16-8-6-15(7-9-16)12-18(23)21-20-22(4)19-14(3)10-13(2)11-17(19)25-20/h6-11H,5,12H2,1-4H3. The lowest BCUT2D eigenvalue weighted by Gasteiger charge is -2.03. The molecule has 5 heteroatoms. The van der Waals surface area contributed by atoms with Crippen molar-refractivity contribution in [3.63, 3.8) is 0 Å². The Labute approximate surface area is 151 Å². The molecule has 130 valence electrons. The maximum Gasteiger partial charge on any atom is 0.252 e. The van der Waals surface area contributed by atoms with Crippen LogP contribution in [-0.4, -0.2) is 17.1 Å². The molecule has 0 spiro atoms. The third kappa shape index (κ3) is 3.82. The first-order valence-electron chi connectivity index (χ1n) is 8.34. The molecule has 0 aliphatic heterocycles. The Hall–Kier alpha value is -2.40. The highest BCUT2D eigenvalue weighted by Gasteiger charge is 2.09. The summed E-state index contributed by atoms with van der Waals surface area (Å²) in [6.45, 7) is 6.76. The van der Waals surface area contributed by atoms with Crippen molar-refractivity contribution in [2.75, 3.05) is 6.61 Å². The van der Waals surface area contributed by atoms with Crippen LogP contribution >= 0.6 is 11.3 Å². The van der Waals surface area contributed by atoms with Gasteiger partial charge in [-0.05, 0) is 55.7 Å². The number of aromatic nitrogens is 1. The molecule has 0 unspecified atom stereocenters. The molecule has 0 bridgehead atoms. The van der Waals surface area contributed by atoms with Gasteiger partial charge in [-0.25, -0.2) is 0 Å². The topological polar surface area (TPSA) is 43.6 Å². The Morgan fingerprint density at radius 2 is 1.92 bits per heavy atom. The smallest absolute Gasteiger partial charge is 0.252 e. The number of amides is 1. The number of aryl methyl sites for hydroxylation is 3. The summed E-state index contributed by atoms with van der Waals surface area (Å²) in [6.07, 6.45) is 0.290. The molecule has 2 aromatic carbocycles. The summed E-state index contributed by atoms with van der Waals surface area (Å²) >= 11 is 1.56. The summed E-state index contributed by atoms with van der Waals surface area (Å²) in [5.74, 6) is 0.679. The molecule has 3 aromatic rings. The van der Waals surface area contributed by atoms with Crippen LogP contribution in [-0.2, 0) is 18.3 Å². The highest BCUT2D eigenvalue weighted by molar-refractivity contribution is 7.16. The monoisotopic (exact) mass is 354 g/mol. The van der Waals surface area contributed by atoms with Crippen LogP contribution in [0.2, 0.25) is 0 Å². The molecule has 0 radical (unpaired) electrons. The first kappa shape index (κ1) is 17.4. The number of hydrogen-bond acceptors (Lipinski definition) is 3. The first-order valence-corrected chi connectivity index (χ1v) is 9.15. The lowest BCUT2D eigenvalue weighted by Crippen LogP contribution is -2.14. The second-order valence-electron chi connectivity index (χ2n) is 6.13. The molecule has 0 saturated carbocycles. The van der Waals surface area contributed by atoms with E-state index < -0.39 is 0 Å². The van der Waals surface area contributed by atoms with Gasteiger partial charge in [-0.3, -0.25) is 4.79 Å².